The zero-order valence-corrected chi connectivity index (χ0v) is 6.84. The Morgan fingerprint density at radius 1 is 1.38 bits per heavy atom. The second kappa shape index (κ2) is 7.38. The lowest BCUT2D eigenvalue weighted by molar-refractivity contribution is -0.170. The Balaban J connectivity index is 3.56. The van der Waals surface area contributed by atoms with Crippen molar-refractivity contribution >= 4 is 18.5 Å². The van der Waals surface area contributed by atoms with Gasteiger partial charge in [0.25, 0.3) is 0 Å². The number of carbonyl (C=O) groups is 3. The molecule has 13 heavy (non-hydrogen) atoms. The standard InChI is InChI=1S/C7H10O6/c8-2-1-3-12-7(4-9)13-5-6(10)11/h2,4,7H,1,3,5H2,(H,10,11). The topological polar surface area (TPSA) is 89.9 Å². The summed E-state index contributed by atoms with van der Waals surface area (Å²) in [5.41, 5.74) is 0. The van der Waals surface area contributed by atoms with Crippen LogP contribution in [0.1, 0.15) is 6.42 Å². The molecule has 0 bridgehead atoms. The van der Waals surface area contributed by atoms with Gasteiger partial charge in [0, 0.05) is 6.42 Å². The van der Waals surface area contributed by atoms with Crippen LogP contribution >= 0.6 is 0 Å². The van der Waals surface area contributed by atoms with E-state index in [1.54, 1.807) is 0 Å². The third-order valence-electron chi connectivity index (χ3n) is 1.00. The van der Waals surface area contributed by atoms with Gasteiger partial charge >= 0.3 is 5.97 Å². The first kappa shape index (κ1) is 11.7. The van der Waals surface area contributed by atoms with E-state index in [1.807, 2.05) is 0 Å². The number of hydrogen-bond acceptors (Lipinski definition) is 5. The second-order valence-electron chi connectivity index (χ2n) is 2.04. The van der Waals surface area contributed by atoms with E-state index in [2.05, 4.69) is 4.74 Å². The van der Waals surface area contributed by atoms with E-state index in [1.165, 1.54) is 0 Å². The molecule has 1 N–H and O–H groups in total. The van der Waals surface area contributed by atoms with Crippen LogP contribution in [0.15, 0.2) is 0 Å². The maximum Gasteiger partial charge on any atom is 0.329 e. The monoisotopic (exact) mass is 190 g/mol. The third kappa shape index (κ3) is 7.10. The average Bonchev–Trinajstić information content (AvgIpc) is 2.10. The summed E-state index contributed by atoms with van der Waals surface area (Å²) in [6.45, 7) is -0.572. The fourth-order valence-electron chi connectivity index (χ4n) is 0.512. The summed E-state index contributed by atoms with van der Waals surface area (Å²) in [5.74, 6) is -1.19. The van der Waals surface area contributed by atoms with Gasteiger partial charge in [-0.3, -0.25) is 4.79 Å². The van der Waals surface area contributed by atoms with Gasteiger partial charge in [-0.05, 0) is 0 Å². The maximum atomic E-state index is 10.2. The summed E-state index contributed by atoms with van der Waals surface area (Å²) in [7, 11) is 0. The van der Waals surface area contributed by atoms with Crippen LogP contribution < -0.4 is 0 Å². The van der Waals surface area contributed by atoms with Crippen molar-refractivity contribution in [2.75, 3.05) is 13.2 Å². The number of carbonyl (C=O) groups excluding carboxylic acids is 2. The molecule has 0 fully saturated rings. The van der Waals surface area contributed by atoms with Crippen LogP contribution in [0.4, 0.5) is 0 Å². The Morgan fingerprint density at radius 2 is 2.08 bits per heavy atom. The van der Waals surface area contributed by atoms with E-state index in [9.17, 15) is 14.4 Å². The lowest BCUT2D eigenvalue weighted by Crippen LogP contribution is -2.23. The number of aldehydes is 2. The van der Waals surface area contributed by atoms with Gasteiger partial charge in [0.2, 0.25) is 6.29 Å². The van der Waals surface area contributed by atoms with Crippen LogP contribution in [0.5, 0.6) is 0 Å². The Morgan fingerprint density at radius 3 is 2.54 bits per heavy atom. The molecule has 0 aromatic heterocycles. The molecule has 0 heterocycles. The molecule has 0 amide bonds. The summed E-state index contributed by atoms with van der Waals surface area (Å²) >= 11 is 0. The molecule has 1 unspecified atom stereocenters. The van der Waals surface area contributed by atoms with Gasteiger partial charge in [0.1, 0.15) is 12.9 Å². The number of aliphatic carboxylic acids is 1. The number of hydrogen-bond donors (Lipinski definition) is 1. The highest BCUT2D eigenvalue weighted by Gasteiger charge is 2.09. The molecular weight excluding hydrogens is 180 g/mol. The van der Waals surface area contributed by atoms with Gasteiger partial charge in [0.05, 0.1) is 6.61 Å². The number of carboxylic acids is 1. The van der Waals surface area contributed by atoms with Crippen molar-refractivity contribution in [1.29, 1.82) is 0 Å². The second-order valence-corrected chi connectivity index (χ2v) is 2.04. The highest BCUT2D eigenvalue weighted by atomic mass is 16.7. The smallest absolute Gasteiger partial charge is 0.329 e. The van der Waals surface area contributed by atoms with E-state index in [-0.39, 0.29) is 13.0 Å². The van der Waals surface area contributed by atoms with E-state index in [0.29, 0.717) is 12.6 Å². The largest absolute Gasteiger partial charge is 0.480 e. The van der Waals surface area contributed by atoms with Gasteiger partial charge in [-0.15, -0.1) is 0 Å². The van der Waals surface area contributed by atoms with Crippen molar-refractivity contribution in [3.8, 4) is 0 Å². The van der Waals surface area contributed by atoms with Crippen molar-refractivity contribution in [2.45, 2.75) is 12.7 Å². The molecule has 0 radical (unpaired) electrons. The van der Waals surface area contributed by atoms with Crippen molar-refractivity contribution in [3.05, 3.63) is 0 Å². The van der Waals surface area contributed by atoms with Crippen molar-refractivity contribution in [3.63, 3.8) is 0 Å². The predicted molar refractivity (Wildman–Crippen MR) is 40.1 cm³/mol. The van der Waals surface area contributed by atoms with Gasteiger partial charge in [-0.2, -0.15) is 0 Å². The molecular formula is C7H10O6. The molecule has 0 aromatic carbocycles. The molecule has 0 aliphatic carbocycles. The minimum atomic E-state index is -1.21. The normalized spacial score (nSPS) is 12.0. The van der Waals surface area contributed by atoms with Gasteiger partial charge in [0.15, 0.2) is 6.29 Å². The third-order valence-corrected chi connectivity index (χ3v) is 1.00. The molecule has 0 aliphatic rings. The predicted octanol–water partition coefficient (Wildman–Crippen LogP) is -0.782. The minimum absolute atomic E-state index is 0.0343. The Bertz CT molecular complexity index is 178. The van der Waals surface area contributed by atoms with E-state index in [4.69, 9.17) is 9.84 Å². The first-order valence-corrected chi connectivity index (χ1v) is 3.54. The fourth-order valence-corrected chi connectivity index (χ4v) is 0.512. The van der Waals surface area contributed by atoms with Crippen molar-refractivity contribution in [2.24, 2.45) is 0 Å². The molecule has 6 nitrogen and oxygen atoms in total. The summed E-state index contributed by atoms with van der Waals surface area (Å²) in [6.07, 6.45) is -0.121. The molecule has 6 heteroatoms. The summed E-state index contributed by atoms with van der Waals surface area (Å²) < 4.78 is 9.19. The Hall–Kier alpha value is -1.27. The van der Waals surface area contributed by atoms with E-state index >= 15 is 0 Å². The number of rotatable bonds is 8. The lowest BCUT2D eigenvalue weighted by atomic mass is 10.5. The van der Waals surface area contributed by atoms with Gasteiger partial charge < -0.3 is 19.4 Å². The van der Waals surface area contributed by atoms with Gasteiger partial charge in [-0.25, -0.2) is 4.79 Å². The summed E-state index contributed by atoms with van der Waals surface area (Å²) in [6, 6.07) is 0. The zero-order chi connectivity index (χ0) is 10.1. The molecule has 0 aromatic rings. The van der Waals surface area contributed by atoms with Crippen molar-refractivity contribution in [1.82, 2.24) is 0 Å². The number of carboxylic acid groups (broad SMARTS) is 1. The fraction of sp³-hybridized carbons (Fsp3) is 0.571. The highest BCUT2D eigenvalue weighted by Crippen LogP contribution is 1.92. The average molecular weight is 190 g/mol. The molecule has 0 rings (SSSR count). The first-order valence-electron chi connectivity index (χ1n) is 3.54. The van der Waals surface area contributed by atoms with Gasteiger partial charge in [-0.1, -0.05) is 0 Å². The quantitative estimate of drug-likeness (QED) is 0.306. The maximum absolute atomic E-state index is 10.2. The van der Waals surface area contributed by atoms with Crippen LogP contribution in [0.3, 0.4) is 0 Å². The molecule has 0 spiro atoms. The summed E-state index contributed by atoms with van der Waals surface area (Å²) in [5, 5.41) is 8.18. The zero-order valence-electron chi connectivity index (χ0n) is 6.84. The molecule has 1 atom stereocenters. The van der Waals surface area contributed by atoms with Crippen LogP contribution in [-0.4, -0.2) is 43.2 Å². The molecule has 0 saturated heterocycles. The van der Waals surface area contributed by atoms with Crippen LogP contribution in [0.2, 0.25) is 0 Å². The van der Waals surface area contributed by atoms with Crippen LogP contribution in [-0.2, 0) is 23.9 Å². The van der Waals surface area contributed by atoms with Crippen LogP contribution in [0.25, 0.3) is 0 Å². The first-order chi connectivity index (χ1) is 6.20. The molecule has 0 aliphatic heterocycles. The highest BCUT2D eigenvalue weighted by molar-refractivity contribution is 5.68. The molecule has 0 saturated carbocycles. The lowest BCUT2D eigenvalue weighted by Gasteiger charge is -2.09. The minimum Gasteiger partial charge on any atom is -0.480 e. The number of ether oxygens (including phenoxy) is 2. The summed E-state index contributed by atoms with van der Waals surface area (Å²) in [4.78, 5) is 30.0. The van der Waals surface area contributed by atoms with Crippen molar-refractivity contribution < 1.29 is 29.0 Å². The SMILES string of the molecule is O=CCCOC(C=O)OCC(=O)O. The van der Waals surface area contributed by atoms with Crippen LogP contribution in [0, 0.1) is 0 Å². The van der Waals surface area contributed by atoms with E-state index < -0.39 is 18.9 Å². The van der Waals surface area contributed by atoms with E-state index in [0.717, 1.165) is 0 Å². The Labute approximate surface area is 74.4 Å². The molecule has 74 valence electrons. The Kier molecular flexibility index (Phi) is 6.66.